The van der Waals surface area contributed by atoms with Crippen molar-refractivity contribution in [1.82, 2.24) is 9.91 Å². The van der Waals surface area contributed by atoms with E-state index in [-0.39, 0.29) is 29.6 Å². The molecule has 0 fully saturated rings. The maximum atomic E-state index is 13.1. The van der Waals surface area contributed by atoms with E-state index in [0.717, 1.165) is 11.3 Å². The van der Waals surface area contributed by atoms with Crippen molar-refractivity contribution in [3.8, 4) is 5.75 Å². The number of nitrogens with zero attached hydrogens (tertiary/aromatic N) is 3. The average Bonchev–Trinajstić information content (AvgIpc) is 2.69. The molecule has 0 saturated carbocycles. The second kappa shape index (κ2) is 10.5. The molecule has 0 aliphatic rings. The highest BCUT2D eigenvalue weighted by Crippen LogP contribution is 2.39. The molecule has 3 rings (SSSR count). The van der Waals surface area contributed by atoms with Crippen LogP contribution in [0.25, 0.3) is 11.0 Å². The first-order valence-electron chi connectivity index (χ1n) is 9.96. The summed E-state index contributed by atoms with van der Waals surface area (Å²) in [4.78, 5) is 15.2. The standard InChI is InChI=1S/C24H29N3O3.ClH/c1-16(25-27(4)5)19(15-26(2)3)21(17-11-7-6-8-12-17)22-23(28)18-13-9-10-14-20(18)30-24(22)29;/h6-14,19,21,28H,15H2,1-5H3;1H. The number of hydrogen-bond acceptors (Lipinski definition) is 6. The lowest BCUT2D eigenvalue weighted by atomic mass is 9.78. The van der Waals surface area contributed by atoms with Crippen LogP contribution in [0.5, 0.6) is 5.75 Å². The Kier molecular flexibility index (Phi) is 8.25. The Labute approximate surface area is 189 Å². The van der Waals surface area contributed by atoms with Crippen LogP contribution in [-0.4, -0.2) is 55.5 Å². The minimum atomic E-state index is -0.526. The number of para-hydroxylation sites is 1. The van der Waals surface area contributed by atoms with Gasteiger partial charge in [-0.2, -0.15) is 5.10 Å². The topological polar surface area (TPSA) is 69.3 Å². The molecule has 2 aromatic carbocycles. The summed E-state index contributed by atoms with van der Waals surface area (Å²) in [7, 11) is 7.71. The van der Waals surface area contributed by atoms with Gasteiger partial charge in [0.05, 0.1) is 10.9 Å². The van der Waals surface area contributed by atoms with Gasteiger partial charge in [0.15, 0.2) is 0 Å². The van der Waals surface area contributed by atoms with E-state index in [1.807, 2.05) is 71.5 Å². The molecule has 0 spiro atoms. The van der Waals surface area contributed by atoms with Crippen molar-refractivity contribution in [2.75, 3.05) is 34.7 Å². The van der Waals surface area contributed by atoms with E-state index in [2.05, 4.69) is 10.0 Å². The van der Waals surface area contributed by atoms with Gasteiger partial charge in [0.1, 0.15) is 11.3 Å². The van der Waals surface area contributed by atoms with E-state index in [1.54, 1.807) is 23.2 Å². The van der Waals surface area contributed by atoms with Crippen LogP contribution >= 0.6 is 12.4 Å². The lowest BCUT2D eigenvalue weighted by Gasteiger charge is -2.30. The van der Waals surface area contributed by atoms with Crippen molar-refractivity contribution in [3.63, 3.8) is 0 Å². The van der Waals surface area contributed by atoms with E-state index in [9.17, 15) is 9.90 Å². The maximum absolute atomic E-state index is 13.1. The molecule has 166 valence electrons. The smallest absolute Gasteiger partial charge is 0.343 e. The highest BCUT2D eigenvalue weighted by atomic mass is 35.5. The summed E-state index contributed by atoms with van der Waals surface area (Å²) in [5, 5.41) is 18.1. The molecule has 1 N–H and O–H groups in total. The van der Waals surface area contributed by atoms with Gasteiger partial charge in [-0.15, -0.1) is 12.4 Å². The van der Waals surface area contributed by atoms with E-state index >= 15 is 0 Å². The van der Waals surface area contributed by atoms with Crippen molar-refractivity contribution in [2.45, 2.75) is 12.8 Å². The monoisotopic (exact) mass is 443 g/mol. The molecular formula is C24H30ClN3O3. The quantitative estimate of drug-likeness (QED) is 0.337. The molecule has 2 unspecified atom stereocenters. The van der Waals surface area contributed by atoms with Gasteiger partial charge < -0.3 is 19.4 Å². The zero-order valence-electron chi connectivity index (χ0n) is 18.6. The Morgan fingerprint density at radius 1 is 1.03 bits per heavy atom. The van der Waals surface area contributed by atoms with E-state index in [1.165, 1.54) is 0 Å². The predicted molar refractivity (Wildman–Crippen MR) is 129 cm³/mol. The average molecular weight is 444 g/mol. The zero-order valence-corrected chi connectivity index (χ0v) is 19.4. The van der Waals surface area contributed by atoms with Crippen LogP contribution in [-0.2, 0) is 0 Å². The summed E-state index contributed by atoms with van der Waals surface area (Å²) in [6.45, 7) is 2.61. The van der Waals surface area contributed by atoms with Crippen molar-refractivity contribution in [2.24, 2.45) is 11.0 Å². The number of fused-ring (bicyclic) bond motifs is 1. The lowest BCUT2D eigenvalue weighted by Crippen LogP contribution is -2.35. The first kappa shape index (κ1) is 24.4. The zero-order chi connectivity index (χ0) is 21.8. The summed E-state index contributed by atoms with van der Waals surface area (Å²) < 4.78 is 5.61. The fourth-order valence-electron chi connectivity index (χ4n) is 3.94. The van der Waals surface area contributed by atoms with Crippen molar-refractivity contribution in [3.05, 3.63) is 76.1 Å². The highest BCUT2D eigenvalue weighted by Gasteiger charge is 2.33. The number of benzene rings is 2. The molecule has 31 heavy (non-hydrogen) atoms. The molecule has 0 aliphatic carbocycles. The second-order valence-electron chi connectivity index (χ2n) is 7.99. The number of aromatic hydroxyl groups is 1. The first-order chi connectivity index (χ1) is 14.3. The summed E-state index contributed by atoms with van der Waals surface area (Å²) in [5.41, 5.74) is 1.91. The van der Waals surface area contributed by atoms with Crippen molar-refractivity contribution < 1.29 is 9.52 Å². The molecule has 0 aliphatic heterocycles. The minimum Gasteiger partial charge on any atom is -0.507 e. The van der Waals surface area contributed by atoms with Crippen LogP contribution in [0.1, 0.15) is 24.0 Å². The molecule has 0 saturated heterocycles. The summed E-state index contributed by atoms with van der Waals surface area (Å²) in [5.74, 6) is -0.602. The lowest BCUT2D eigenvalue weighted by molar-refractivity contribution is 0.340. The molecule has 6 nitrogen and oxygen atoms in total. The molecule has 2 atom stereocenters. The van der Waals surface area contributed by atoms with Gasteiger partial charge in [0.2, 0.25) is 0 Å². The van der Waals surface area contributed by atoms with Gasteiger partial charge in [0, 0.05) is 38.2 Å². The predicted octanol–water partition coefficient (Wildman–Crippen LogP) is 4.17. The van der Waals surface area contributed by atoms with Crippen LogP contribution in [0, 0.1) is 5.92 Å². The van der Waals surface area contributed by atoms with Gasteiger partial charge in [-0.3, -0.25) is 0 Å². The Morgan fingerprint density at radius 3 is 2.26 bits per heavy atom. The molecule has 1 aromatic heterocycles. The van der Waals surface area contributed by atoms with Crippen molar-refractivity contribution in [1.29, 1.82) is 0 Å². The Bertz CT molecular complexity index is 1090. The van der Waals surface area contributed by atoms with E-state index < -0.39 is 11.5 Å². The first-order valence-corrected chi connectivity index (χ1v) is 9.96. The highest BCUT2D eigenvalue weighted by molar-refractivity contribution is 5.88. The third-order valence-electron chi connectivity index (χ3n) is 5.15. The minimum absolute atomic E-state index is 0. The Balaban J connectivity index is 0.00000341. The molecule has 0 bridgehead atoms. The van der Waals surface area contributed by atoms with Crippen LogP contribution in [0.4, 0.5) is 0 Å². The summed E-state index contributed by atoms with van der Waals surface area (Å²) >= 11 is 0. The largest absolute Gasteiger partial charge is 0.507 e. The molecular weight excluding hydrogens is 414 g/mol. The van der Waals surface area contributed by atoms with E-state index in [4.69, 9.17) is 4.42 Å². The van der Waals surface area contributed by atoms with Gasteiger partial charge in [-0.25, -0.2) is 4.79 Å². The van der Waals surface area contributed by atoms with Gasteiger partial charge >= 0.3 is 5.63 Å². The fourth-order valence-corrected chi connectivity index (χ4v) is 3.94. The molecule has 7 heteroatoms. The Hall–Kier alpha value is -2.83. The number of halogens is 1. The molecule has 1 heterocycles. The second-order valence-corrected chi connectivity index (χ2v) is 7.99. The third kappa shape index (κ3) is 5.46. The summed E-state index contributed by atoms with van der Waals surface area (Å²) in [6.07, 6.45) is 0. The van der Waals surface area contributed by atoms with Gasteiger partial charge in [0.25, 0.3) is 0 Å². The van der Waals surface area contributed by atoms with Crippen LogP contribution in [0.3, 0.4) is 0 Å². The Morgan fingerprint density at radius 2 is 1.65 bits per heavy atom. The maximum Gasteiger partial charge on any atom is 0.343 e. The molecule has 0 radical (unpaired) electrons. The molecule has 0 amide bonds. The molecule has 3 aromatic rings. The number of rotatable bonds is 7. The SMILES string of the molecule is CC(=NN(C)C)C(CN(C)C)C(c1ccccc1)c1c(O)c2ccccc2oc1=O.Cl. The van der Waals surface area contributed by atoms with Crippen LogP contribution in [0.2, 0.25) is 0 Å². The summed E-state index contributed by atoms with van der Waals surface area (Å²) in [6, 6.07) is 16.8. The number of hydrogen-bond donors (Lipinski definition) is 1. The van der Waals surface area contributed by atoms with E-state index in [0.29, 0.717) is 17.5 Å². The van der Waals surface area contributed by atoms with Crippen LogP contribution < -0.4 is 5.63 Å². The van der Waals surface area contributed by atoms with Gasteiger partial charge in [-0.05, 0) is 38.7 Å². The van der Waals surface area contributed by atoms with Crippen molar-refractivity contribution >= 4 is 29.1 Å². The fraction of sp³-hybridized carbons (Fsp3) is 0.333. The third-order valence-corrected chi connectivity index (χ3v) is 5.15. The van der Waals surface area contributed by atoms with Gasteiger partial charge in [-0.1, -0.05) is 42.5 Å². The van der Waals surface area contributed by atoms with Crippen LogP contribution in [0.15, 0.2) is 68.9 Å². The normalized spacial score (nSPS) is 13.7. The number of hydrazone groups is 1.